The van der Waals surface area contributed by atoms with E-state index in [4.69, 9.17) is 0 Å². The van der Waals surface area contributed by atoms with E-state index in [-0.39, 0.29) is 0 Å². The van der Waals surface area contributed by atoms with E-state index in [9.17, 15) is 10.4 Å². The van der Waals surface area contributed by atoms with Gasteiger partial charge in [0.1, 0.15) is 6.07 Å². The highest BCUT2D eigenvalue weighted by molar-refractivity contribution is 5.49. The lowest BCUT2D eigenvalue weighted by molar-refractivity contribution is 0.168. The Morgan fingerprint density at radius 3 is 2.95 bits per heavy atom. The zero-order valence-corrected chi connectivity index (χ0v) is 12.5. The molecule has 0 amide bonds. The first-order chi connectivity index (χ1) is 10.7. The number of hydrogen-bond donors (Lipinski definition) is 1. The van der Waals surface area contributed by atoms with Gasteiger partial charge < -0.3 is 10.0 Å². The molecule has 0 saturated carbocycles. The van der Waals surface area contributed by atoms with Gasteiger partial charge in [-0.25, -0.2) is 9.97 Å². The zero-order valence-electron chi connectivity index (χ0n) is 12.5. The number of aryl methyl sites for hydroxylation is 1. The number of anilines is 1. The molecule has 3 heterocycles. The van der Waals surface area contributed by atoms with Gasteiger partial charge in [0.25, 0.3) is 0 Å². The second-order valence-corrected chi connectivity index (χ2v) is 5.32. The SMILES string of the molecule is CCC(O)c1cc2n(n1)CCCN(c1nccnc1C#N)C2. The molecule has 1 aliphatic heterocycles. The number of hydrogen-bond acceptors (Lipinski definition) is 6. The number of aliphatic hydroxyl groups is 1. The molecule has 0 spiro atoms. The highest BCUT2D eigenvalue weighted by atomic mass is 16.3. The maximum absolute atomic E-state index is 9.96. The monoisotopic (exact) mass is 298 g/mol. The summed E-state index contributed by atoms with van der Waals surface area (Å²) < 4.78 is 1.94. The Balaban J connectivity index is 1.91. The largest absolute Gasteiger partial charge is 0.387 e. The minimum absolute atomic E-state index is 0.337. The van der Waals surface area contributed by atoms with E-state index >= 15 is 0 Å². The third-order valence-corrected chi connectivity index (χ3v) is 3.85. The molecule has 1 aliphatic rings. The molecule has 0 fully saturated rings. The van der Waals surface area contributed by atoms with Crippen LogP contribution in [-0.4, -0.2) is 31.4 Å². The quantitative estimate of drug-likeness (QED) is 0.921. The van der Waals surface area contributed by atoms with Crippen molar-refractivity contribution in [3.63, 3.8) is 0 Å². The van der Waals surface area contributed by atoms with Crippen LogP contribution in [0.3, 0.4) is 0 Å². The molecule has 0 radical (unpaired) electrons. The first-order valence-corrected chi connectivity index (χ1v) is 7.43. The first-order valence-electron chi connectivity index (χ1n) is 7.43. The smallest absolute Gasteiger partial charge is 0.183 e. The normalized spacial score (nSPS) is 15.8. The molecule has 3 rings (SSSR count). The molecule has 2 aromatic heterocycles. The fourth-order valence-electron chi connectivity index (χ4n) is 2.68. The Morgan fingerprint density at radius 1 is 1.36 bits per heavy atom. The van der Waals surface area contributed by atoms with Gasteiger partial charge in [-0.1, -0.05) is 6.92 Å². The van der Waals surface area contributed by atoms with Crippen molar-refractivity contribution in [2.45, 2.75) is 39.0 Å². The fourth-order valence-corrected chi connectivity index (χ4v) is 2.68. The summed E-state index contributed by atoms with van der Waals surface area (Å²) in [4.78, 5) is 10.4. The maximum atomic E-state index is 9.96. The lowest BCUT2D eigenvalue weighted by atomic mass is 10.2. The molecule has 0 bridgehead atoms. The van der Waals surface area contributed by atoms with E-state index in [1.165, 1.54) is 6.20 Å². The predicted octanol–water partition coefficient (Wildman–Crippen LogP) is 1.40. The van der Waals surface area contributed by atoms with Crippen LogP contribution in [-0.2, 0) is 13.1 Å². The predicted molar refractivity (Wildman–Crippen MR) is 79.9 cm³/mol. The third kappa shape index (κ3) is 2.65. The Morgan fingerprint density at radius 2 is 2.18 bits per heavy atom. The summed E-state index contributed by atoms with van der Waals surface area (Å²) in [6.45, 7) is 4.13. The van der Waals surface area contributed by atoms with Crippen molar-refractivity contribution in [3.05, 3.63) is 35.5 Å². The van der Waals surface area contributed by atoms with Crippen LogP contribution in [0.1, 0.15) is 43.0 Å². The number of nitriles is 1. The molecule has 1 atom stereocenters. The van der Waals surface area contributed by atoms with E-state index in [1.807, 2.05) is 22.6 Å². The maximum Gasteiger partial charge on any atom is 0.183 e. The van der Waals surface area contributed by atoms with Crippen LogP contribution in [0.4, 0.5) is 5.82 Å². The number of nitrogens with zero attached hydrogens (tertiary/aromatic N) is 6. The molecular formula is C15H18N6O. The van der Waals surface area contributed by atoms with Crippen LogP contribution in [0.2, 0.25) is 0 Å². The van der Waals surface area contributed by atoms with E-state index in [2.05, 4.69) is 21.1 Å². The Hall–Kier alpha value is -2.46. The number of rotatable bonds is 3. The lowest BCUT2D eigenvalue weighted by Gasteiger charge is -2.21. The summed E-state index contributed by atoms with van der Waals surface area (Å²) in [6.07, 6.45) is 4.14. The second kappa shape index (κ2) is 6.12. The molecule has 1 N–H and O–H groups in total. The van der Waals surface area contributed by atoms with Crippen LogP contribution >= 0.6 is 0 Å². The first kappa shape index (κ1) is 14.5. The summed E-state index contributed by atoms with van der Waals surface area (Å²) in [7, 11) is 0. The van der Waals surface area contributed by atoms with Gasteiger partial charge in [0.05, 0.1) is 24.0 Å². The highest BCUT2D eigenvalue weighted by Crippen LogP contribution is 2.23. The summed E-state index contributed by atoms with van der Waals surface area (Å²) in [5.74, 6) is 0.609. The van der Waals surface area contributed by atoms with E-state index in [0.29, 0.717) is 30.2 Å². The fraction of sp³-hybridized carbons (Fsp3) is 0.467. The third-order valence-electron chi connectivity index (χ3n) is 3.85. The minimum atomic E-state index is -0.529. The van der Waals surface area contributed by atoms with Gasteiger partial charge in [-0.05, 0) is 18.9 Å². The van der Waals surface area contributed by atoms with Crippen molar-refractivity contribution in [3.8, 4) is 6.07 Å². The summed E-state index contributed by atoms with van der Waals surface area (Å²) in [5, 5.41) is 23.6. The number of aliphatic hydroxyl groups excluding tert-OH is 1. The van der Waals surface area contributed by atoms with E-state index in [1.54, 1.807) is 6.20 Å². The van der Waals surface area contributed by atoms with Crippen molar-refractivity contribution in [1.82, 2.24) is 19.7 Å². The second-order valence-electron chi connectivity index (χ2n) is 5.32. The van der Waals surface area contributed by atoms with Crippen molar-refractivity contribution in [2.75, 3.05) is 11.4 Å². The lowest BCUT2D eigenvalue weighted by Crippen LogP contribution is -2.24. The van der Waals surface area contributed by atoms with Crippen LogP contribution < -0.4 is 4.90 Å². The van der Waals surface area contributed by atoms with E-state index < -0.39 is 6.10 Å². The van der Waals surface area contributed by atoms with Gasteiger partial charge in [0.15, 0.2) is 11.5 Å². The zero-order chi connectivity index (χ0) is 15.5. The molecule has 7 nitrogen and oxygen atoms in total. The number of aromatic nitrogens is 4. The van der Waals surface area contributed by atoms with Gasteiger partial charge in [-0.15, -0.1) is 0 Å². The molecule has 0 saturated heterocycles. The van der Waals surface area contributed by atoms with Gasteiger partial charge in [-0.3, -0.25) is 4.68 Å². The molecule has 2 aromatic rings. The standard InChI is InChI=1S/C15H18N6O/c1-2-14(22)12-8-11-10-20(6-3-7-21(11)19-12)15-13(9-16)17-4-5-18-15/h4-5,8,14,22H,2-3,6-7,10H2,1H3. The van der Waals surface area contributed by atoms with Crippen LogP contribution in [0.15, 0.2) is 18.5 Å². The Bertz CT molecular complexity index is 704. The summed E-state index contributed by atoms with van der Waals surface area (Å²) >= 11 is 0. The van der Waals surface area contributed by atoms with Crippen LogP contribution in [0.25, 0.3) is 0 Å². The molecular weight excluding hydrogens is 280 g/mol. The topological polar surface area (TPSA) is 90.9 Å². The van der Waals surface area contributed by atoms with Gasteiger partial charge in [0.2, 0.25) is 0 Å². The Labute approximate surface area is 128 Å². The molecule has 1 unspecified atom stereocenters. The van der Waals surface area contributed by atoms with Gasteiger partial charge >= 0.3 is 0 Å². The molecule has 114 valence electrons. The average molecular weight is 298 g/mol. The average Bonchev–Trinajstić information content (AvgIpc) is 2.86. The van der Waals surface area contributed by atoms with Crippen molar-refractivity contribution in [2.24, 2.45) is 0 Å². The van der Waals surface area contributed by atoms with Crippen molar-refractivity contribution >= 4 is 5.82 Å². The summed E-state index contributed by atoms with van der Waals surface area (Å²) in [5.41, 5.74) is 2.07. The Kier molecular flexibility index (Phi) is 4.02. The summed E-state index contributed by atoms with van der Waals surface area (Å²) in [6, 6.07) is 4.03. The van der Waals surface area contributed by atoms with Crippen molar-refractivity contribution in [1.29, 1.82) is 5.26 Å². The van der Waals surface area contributed by atoms with Crippen LogP contribution in [0, 0.1) is 11.3 Å². The molecule has 0 aromatic carbocycles. The minimum Gasteiger partial charge on any atom is -0.387 e. The van der Waals surface area contributed by atoms with Crippen molar-refractivity contribution < 1.29 is 5.11 Å². The van der Waals surface area contributed by atoms with Gasteiger partial charge in [-0.2, -0.15) is 10.4 Å². The van der Waals surface area contributed by atoms with Crippen LogP contribution in [0.5, 0.6) is 0 Å². The van der Waals surface area contributed by atoms with E-state index in [0.717, 1.165) is 25.2 Å². The number of fused-ring (bicyclic) bond motifs is 1. The highest BCUT2D eigenvalue weighted by Gasteiger charge is 2.21. The molecule has 22 heavy (non-hydrogen) atoms. The van der Waals surface area contributed by atoms with Gasteiger partial charge in [0, 0.05) is 25.5 Å². The molecule has 7 heteroatoms. The molecule has 0 aliphatic carbocycles.